The summed E-state index contributed by atoms with van der Waals surface area (Å²) in [5, 5.41) is 0. The van der Waals surface area contributed by atoms with Crippen LogP contribution >= 0.6 is 0 Å². The zero-order valence-electron chi connectivity index (χ0n) is 13.5. The largest absolute Gasteiger partial charge is 0.496 e. The third-order valence-electron chi connectivity index (χ3n) is 4.13. The maximum Gasteiger partial charge on any atom is 0.126 e. The van der Waals surface area contributed by atoms with Crippen LogP contribution in [0.5, 0.6) is 5.75 Å². The normalized spacial score (nSPS) is 16.3. The minimum atomic E-state index is 0.0156. The Bertz CT molecular complexity index is 598. The molecule has 0 heterocycles. The highest BCUT2D eigenvalue weighted by atomic mass is 16.5. The molecule has 0 bridgehead atoms. The molecule has 0 saturated heterocycles. The highest BCUT2D eigenvalue weighted by molar-refractivity contribution is 5.82. The molecule has 22 heavy (non-hydrogen) atoms. The van der Waals surface area contributed by atoms with Crippen LogP contribution in [0, 0.1) is 5.41 Å². The van der Waals surface area contributed by atoms with E-state index in [0.29, 0.717) is 0 Å². The number of para-hydroxylation sites is 1. The summed E-state index contributed by atoms with van der Waals surface area (Å²) in [5.41, 5.74) is 2.15. The van der Waals surface area contributed by atoms with Gasteiger partial charge in [0.05, 0.1) is 14.2 Å². The van der Waals surface area contributed by atoms with Crippen molar-refractivity contribution in [2.75, 3.05) is 14.2 Å². The second-order valence-electron chi connectivity index (χ2n) is 5.58. The summed E-state index contributed by atoms with van der Waals surface area (Å²) in [5.74, 6) is 1.75. The van der Waals surface area contributed by atoms with Crippen LogP contribution in [0.25, 0.3) is 5.57 Å². The minimum Gasteiger partial charge on any atom is -0.496 e. The fourth-order valence-corrected chi connectivity index (χ4v) is 3.06. The third-order valence-corrected chi connectivity index (χ3v) is 4.13. The molecule has 2 nitrogen and oxygen atoms in total. The van der Waals surface area contributed by atoms with Crippen molar-refractivity contribution >= 4 is 5.57 Å². The van der Waals surface area contributed by atoms with Gasteiger partial charge in [0, 0.05) is 11.1 Å². The molecular formula is C20H24O2. The summed E-state index contributed by atoms with van der Waals surface area (Å²) < 4.78 is 11.1. The van der Waals surface area contributed by atoms with Crippen LogP contribution in [0.3, 0.4) is 0 Å². The molecule has 0 spiro atoms. The fourth-order valence-electron chi connectivity index (χ4n) is 3.06. The molecule has 0 atom stereocenters. The predicted molar refractivity (Wildman–Crippen MR) is 92.7 cm³/mol. The van der Waals surface area contributed by atoms with E-state index >= 15 is 0 Å². The number of benzene rings is 1. The van der Waals surface area contributed by atoms with Gasteiger partial charge >= 0.3 is 0 Å². The maximum absolute atomic E-state index is 5.59. The van der Waals surface area contributed by atoms with Gasteiger partial charge < -0.3 is 9.47 Å². The first-order valence-corrected chi connectivity index (χ1v) is 7.52. The SMILES string of the molecule is C=CCC1(CC=C)C=C(c2ccccc2OC)C(OC)=CC1. The van der Waals surface area contributed by atoms with Crippen molar-refractivity contribution in [3.63, 3.8) is 0 Å². The van der Waals surface area contributed by atoms with Gasteiger partial charge in [-0.3, -0.25) is 0 Å². The summed E-state index contributed by atoms with van der Waals surface area (Å²) in [6, 6.07) is 8.03. The first kappa shape index (κ1) is 16.2. The molecule has 1 aliphatic carbocycles. The van der Waals surface area contributed by atoms with Crippen LogP contribution in [0.1, 0.15) is 24.8 Å². The minimum absolute atomic E-state index is 0.0156. The van der Waals surface area contributed by atoms with Crippen molar-refractivity contribution in [2.24, 2.45) is 5.41 Å². The highest BCUT2D eigenvalue weighted by Gasteiger charge is 2.30. The fraction of sp³-hybridized carbons (Fsp3) is 0.300. The monoisotopic (exact) mass is 296 g/mol. The molecule has 0 N–H and O–H groups in total. The molecular weight excluding hydrogens is 272 g/mol. The van der Waals surface area contributed by atoms with Crippen LogP contribution in [-0.2, 0) is 4.74 Å². The standard InChI is InChI=1S/C20H24O2/c1-5-12-20(13-6-2)14-11-19(22-4)17(15-20)16-9-7-8-10-18(16)21-3/h5-11,15H,1-2,12-14H2,3-4H3. The molecule has 0 aliphatic heterocycles. The Labute approximate surface area is 133 Å². The molecule has 0 saturated carbocycles. The van der Waals surface area contributed by atoms with Crippen LogP contribution in [0.15, 0.2) is 67.5 Å². The van der Waals surface area contributed by atoms with Gasteiger partial charge in [0.1, 0.15) is 11.5 Å². The smallest absolute Gasteiger partial charge is 0.126 e. The van der Waals surface area contributed by atoms with E-state index in [1.165, 1.54) is 0 Å². The number of methoxy groups -OCH3 is 2. The zero-order valence-corrected chi connectivity index (χ0v) is 13.5. The summed E-state index contributed by atoms with van der Waals surface area (Å²) in [6.07, 6.45) is 11.2. The molecule has 2 rings (SSSR count). The van der Waals surface area contributed by atoms with E-state index < -0.39 is 0 Å². The highest BCUT2D eigenvalue weighted by Crippen LogP contribution is 2.44. The summed E-state index contributed by atoms with van der Waals surface area (Å²) in [6.45, 7) is 7.83. The summed E-state index contributed by atoms with van der Waals surface area (Å²) in [7, 11) is 3.40. The van der Waals surface area contributed by atoms with E-state index in [9.17, 15) is 0 Å². The topological polar surface area (TPSA) is 18.5 Å². The van der Waals surface area contributed by atoms with Gasteiger partial charge in [-0.1, -0.05) is 36.4 Å². The number of rotatable bonds is 7. The van der Waals surface area contributed by atoms with Crippen molar-refractivity contribution in [1.29, 1.82) is 0 Å². The zero-order chi connectivity index (χ0) is 16.0. The Morgan fingerprint density at radius 1 is 1.09 bits per heavy atom. The van der Waals surface area contributed by atoms with Crippen molar-refractivity contribution < 1.29 is 9.47 Å². The Morgan fingerprint density at radius 3 is 2.36 bits per heavy atom. The first-order valence-electron chi connectivity index (χ1n) is 7.52. The van der Waals surface area contributed by atoms with Gasteiger partial charge in [0.25, 0.3) is 0 Å². The Balaban J connectivity index is 2.55. The average molecular weight is 296 g/mol. The second kappa shape index (κ2) is 7.17. The van der Waals surface area contributed by atoms with Crippen molar-refractivity contribution in [3.05, 3.63) is 73.1 Å². The molecule has 1 aromatic carbocycles. The number of hydrogen-bond donors (Lipinski definition) is 0. The Morgan fingerprint density at radius 2 is 1.77 bits per heavy atom. The summed E-state index contributed by atoms with van der Waals surface area (Å²) in [4.78, 5) is 0. The van der Waals surface area contributed by atoms with E-state index in [2.05, 4.69) is 31.4 Å². The van der Waals surface area contributed by atoms with E-state index in [1.54, 1.807) is 14.2 Å². The van der Waals surface area contributed by atoms with Gasteiger partial charge in [-0.05, 0) is 36.8 Å². The lowest BCUT2D eigenvalue weighted by molar-refractivity contribution is 0.295. The van der Waals surface area contributed by atoms with E-state index in [4.69, 9.17) is 9.47 Å². The lowest BCUT2D eigenvalue weighted by Gasteiger charge is -2.33. The Kier molecular flexibility index (Phi) is 5.26. The Hall–Kier alpha value is -2.22. The second-order valence-corrected chi connectivity index (χ2v) is 5.58. The lowest BCUT2D eigenvalue weighted by atomic mass is 9.73. The average Bonchev–Trinajstić information content (AvgIpc) is 2.55. The van der Waals surface area contributed by atoms with Gasteiger partial charge in [0.2, 0.25) is 0 Å². The van der Waals surface area contributed by atoms with Crippen LogP contribution in [0.4, 0.5) is 0 Å². The molecule has 0 unspecified atom stereocenters. The number of ether oxygens (including phenoxy) is 2. The third kappa shape index (κ3) is 3.16. The van der Waals surface area contributed by atoms with Crippen LogP contribution in [-0.4, -0.2) is 14.2 Å². The van der Waals surface area contributed by atoms with E-state index in [1.807, 2.05) is 30.4 Å². The quantitative estimate of drug-likeness (QED) is 0.648. The van der Waals surface area contributed by atoms with Gasteiger partial charge in [-0.15, -0.1) is 13.2 Å². The molecule has 2 heteroatoms. The predicted octanol–water partition coefficient (Wildman–Crippen LogP) is 5.15. The van der Waals surface area contributed by atoms with Crippen molar-refractivity contribution in [2.45, 2.75) is 19.3 Å². The lowest BCUT2D eigenvalue weighted by Crippen LogP contribution is -2.20. The van der Waals surface area contributed by atoms with Crippen LogP contribution in [0.2, 0.25) is 0 Å². The molecule has 0 radical (unpaired) electrons. The van der Waals surface area contributed by atoms with Crippen molar-refractivity contribution in [3.8, 4) is 5.75 Å². The van der Waals surface area contributed by atoms with E-state index in [-0.39, 0.29) is 5.41 Å². The molecule has 1 aromatic rings. The molecule has 116 valence electrons. The molecule has 0 amide bonds. The molecule has 0 aromatic heterocycles. The number of hydrogen-bond acceptors (Lipinski definition) is 2. The first-order chi connectivity index (χ1) is 10.7. The van der Waals surface area contributed by atoms with Gasteiger partial charge in [-0.2, -0.15) is 0 Å². The van der Waals surface area contributed by atoms with Gasteiger partial charge in [-0.25, -0.2) is 0 Å². The summed E-state index contributed by atoms with van der Waals surface area (Å²) >= 11 is 0. The van der Waals surface area contributed by atoms with Crippen molar-refractivity contribution in [1.82, 2.24) is 0 Å². The maximum atomic E-state index is 5.59. The molecule has 1 aliphatic rings. The number of allylic oxidation sites excluding steroid dienone is 5. The van der Waals surface area contributed by atoms with Gasteiger partial charge in [0.15, 0.2) is 0 Å². The van der Waals surface area contributed by atoms with E-state index in [0.717, 1.165) is 41.9 Å². The van der Waals surface area contributed by atoms with Crippen LogP contribution < -0.4 is 4.74 Å². The molecule has 0 fully saturated rings.